The smallest absolute Gasteiger partial charge is 0.330 e. The van der Waals surface area contributed by atoms with Crippen LogP contribution < -0.4 is 10.4 Å². The van der Waals surface area contributed by atoms with Crippen molar-refractivity contribution in [1.29, 1.82) is 0 Å². The zero-order chi connectivity index (χ0) is 24.7. The zero-order valence-corrected chi connectivity index (χ0v) is 22.7. The molecule has 2 aromatic carbocycles. The van der Waals surface area contributed by atoms with Crippen LogP contribution >= 0.6 is 0 Å². The van der Waals surface area contributed by atoms with Crippen LogP contribution in [0, 0.1) is 0 Å². The molecule has 0 fully saturated rings. The summed E-state index contributed by atoms with van der Waals surface area (Å²) in [4.78, 5) is 11.3. The molecule has 0 saturated heterocycles. The molecule has 0 bridgehead atoms. The molecule has 0 aliphatic heterocycles. The maximum Gasteiger partial charge on any atom is 0.330 e. The first-order valence-electron chi connectivity index (χ1n) is 13.0. The quantitative estimate of drug-likeness (QED) is 0.122. The van der Waals surface area contributed by atoms with Gasteiger partial charge < -0.3 is 9.16 Å². The maximum absolute atomic E-state index is 11.3. The first-order valence-corrected chi connectivity index (χ1v) is 14.9. The molecule has 0 saturated carbocycles. The summed E-state index contributed by atoms with van der Waals surface area (Å²) < 4.78 is 11.9. The zero-order valence-electron chi connectivity index (χ0n) is 21.7. The van der Waals surface area contributed by atoms with Crippen LogP contribution in [0.25, 0.3) is 0 Å². The average Bonchev–Trinajstić information content (AvgIpc) is 2.83. The van der Waals surface area contributed by atoms with Crippen LogP contribution in [0.15, 0.2) is 72.8 Å². The Hall–Kier alpha value is -2.17. The second-order valence-corrected chi connectivity index (χ2v) is 14.2. The summed E-state index contributed by atoms with van der Waals surface area (Å²) in [7, 11) is -2.40. The number of rotatable bonds is 15. The summed E-state index contributed by atoms with van der Waals surface area (Å²) >= 11 is 0. The van der Waals surface area contributed by atoms with Gasteiger partial charge in [-0.05, 0) is 41.6 Å². The first-order chi connectivity index (χ1) is 16.4. The van der Waals surface area contributed by atoms with E-state index in [1.807, 2.05) is 13.0 Å². The summed E-state index contributed by atoms with van der Waals surface area (Å²) in [6, 6.07) is 21.8. The van der Waals surface area contributed by atoms with Gasteiger partial charge in [0, 0.05) is 12.7 Å². The second-order valence-electron chi connectivity index (χ2n) is 9.93. The molecule has 4 heteroatoms. The SMILES string of the molecule is CCOC(=O)C=CCCCCCCCCCO[Si](c1ccccc1)(c1ccccc1)C(C)(C)C. The van der Waals surface area contributed by atoms with E-state index >= 15 is 0 Å². The van der Waals surface area contributed by atoms with E-state index in [2.05, 4.69) is 81.4 Å². The Kier molecular flexibility index (Phi) is 12.3. The molecule has 0 spiro atoms. The van der Waals surface area contributed by atoms with Gasteiger partial charge in [-0.2, -0.15) is 0 Å². The van der Waals surface area contributed by atoms with Crippen molar-refractivity contribution in [3.8, 4) is 0 Å². The molecule has 0 aromatic heterocycles. The minimum atomic E-state index is -2.40. The van der Waals surface area contributed by atoms with Gasteiger partial charge in [-0.15, -0.1) is 0 Å². The lowest BCUT2D eigenvalue weighted by Gasteiger charge is -2.43. The van der Waals surface area contributed by atoms with Crippen molar-refractivity contribution in [1.82, 2.24) is 0 Å². The molecule has 3 nitrogen and oxygen atoms in total. The average molecular weight is 481 g/mol. The Morgan fingerprint density at radius 3 is 1.79 bits per heavy atom. The van der Waals surface area contributed by atoms with Crippen molar-refractivity contribution in [2.45, 2.75) is 84.1 Å². The van der Waals surface area contributed by atoms with Crippen LogP contribution in [0.1, 0.15) is 79.1 Å². The third-order valence-electron chi connectivity index (χ3n) is 6.29. The van der Waals surface area contributed by atoms with E-state index in [0.717, 1.165) is 25.9 Å². The molecular weight excluding hydrogens is 436 g/mol. The lowest BCUT2D eigenvalue weighted by atomic mass is 10.1. The molecule has 0 radical (unpaired) electrons. The number of allylic oxidation sites excluding steroid dienone is 1. The monoisotopic (exact) mass is 480 g/mol. The van der Waals surface area contributed by atoms with Gasteiger partial charge in [0.15, 0.2) is 0 Å². The molecule has 0 unspecified atom stereocenters. The molecule has 34 heavy (non-hydrogen) atoms. The van der Waals surface area contributed by atoms with Gasteiger partial charge in [-0.25, -0.2) is 4.79 Å². The normalized spacial score (nSPS) is 12.2. The van der Waals surface area contributed by atoms with Crippen LogP contribution in [0.2, 0.25) is 5.04 Å². The van der Waals surface area contributed by atoms with Crippen LogP contribution in [-0.4, -0.2) is 27.5 Å². The van der Waals surface area contributed by atoms with E-state index in [-0.39, 0.29) is 11.0 Å². The molecule has 0 aliphatic rings. The fourth-order valence-corrected chi connectivity index (χ4v) is 9.21. The lowest BCUT2D eigenvalue weighted by molar-refractivity contribution is -0.137. The number of carbonyl (C=O) groups is 1. The molecule has 0 amide bonds. The number of benzene rings is 2. The van der Waals surface area contributed by atoms with Gasteiger partial charge in [-0.1, -0.05) is 120 Å². The van der Waals surface area contributed by atoms with E-state index in [1.165, 1.54) is 42.5 Å². The largest absolute Gasteiger partial charge is 0.463 e. The van der Waals surface area contributed by atoms with Crippen molar-refractivity contribution in [2.75, 3.05) is 13.2 Å². The van der Waals surface area contributed by atoms with Gasteiger partial charge in [0.05, 0.1) is 6.61 Å². The third kappa shape index (κ3) is 8.55. The number of ether oxygens (including phenoxy) is 1. The Labute approximate surface area is 208 Å². The van der Waals surface area contributed by atoms with Crippen molar-refractivity contribution < 1.29 is 14.0 Å². The fourth-order valence-electron chi connectivity index (χ4n) is 4.60. The number of carbonyl (C=O) groups excluding carboxylic acids is 1. The minimum absolute atomic E-state index is 0.0391. The Bertz CT molecular complexity index is 801. The summed E-state index contributed by atoms with van der Waals surface area (Å²) in [6.07, 6.45) is 12.9. The predicted octanol–water partition coefficient (Wildman–Crippen LogP) is 6.80. The fraction of sp³-hybridized carbons (Fsp3) is 0.500. The molecule has 2 aromatic rings. The van der Waals surface area contributed by atoms with E-state index in [9.17, 15) is 4.79 Å². The summed E-state index contributed by atoms with van der Waals surface area (Å²) in [5.41, 5.74) is 0. The molecule has 0 N–H and O–H groups in total. The lowest BCUT2D eigenvalue weighted by Crippen LogP contribution is -2.66. The Balaban J connectivity index is 1.79. The number of esters is 1. The second kappa shape index (κ2) is 15.0. The van der Waals surface area contributed by atoms with Crippen LogP contribution in [0.5, 0.6) is 0 Å². The van der Waals surface area contributed by atoms with Crippen molar-refractivity contribution >= 4 is 24.7 Å². The first kappa shape index (κ1) is 28.1. The Morgan fingerprint density at radius 1 is 0.794 bits per heavy atom. The molecule has 0 atom stereocenters. The highest BCUT2D eigenvalue weighted by Crippen LogP contribution is 2.36. The minimum Gasteiger partial charge on any atom is -0.463 e. The van der Waals surface area contributed by atoms with Crippen molar-refractivity contribution in [2.24, 2.45) is 0 Å². The van der Waals surface area contributed by atoms with Crippen molar-refractivity contribution in [3.05, 3.63) is 72.8 Å². The van der Waals surface area contributed by atoms with E-state index in [1.54, 1.807) is 6.08 Å². The molecule has 186 valence electrons. The summed E-state index contributed by atoms with van der Waals surface area (Å²) in [6.45, 7) is 10.1. The van der Waals surface area contributed by atoms with Crippen molar-refractivity contribution in [3.63, 3.8) is 0 Å². The molecule has 2 rings (SSSR count). The van der Waals surface area contributed by atoms with Crippen LogP contribution in [0.4, 0.5) is 0 Å². The van der Waals surface area contributed by atoms with E-state index < -0.39 is 8.32 Å². The number of hydrogen-bond donors (Lipinski definition) is 0. The maximum atomic E-state index is 11.3. The van der Waals surface area contributed by atoms with Gasteiger partial charge in [0.25, 0.3) is 8.32 Å². The summed E-state index contributed by atoms with van der Waals surface area (Å²) in [5, 5.41) is 2.74. The highest BCUT2D eigenvalue weighted by atomic mass is 28.4. The summed E-state index contributed by atoms with van der Waals surface area (Å²) in [5.74, 6) is -0.234. The Morgan fingerprint density at radius 2 is 1.29 bits per heavy atom. The predicted molar refractivity (Wildman–Crippen MR) is 146 cm³/mol. The highest BCUT2D eigenvalue weighted by Gasteiger charge is 2.49. The van der Waals surface area contributed by atoms with Gasteiger partial charge in [0.2, 0.25) is 0 Å². The highest BCUT2D eigenvalue weighted by molar-refractivity contribution is 6.99. The molecular formula is C30H44O3Si. The standard InChI is InChI=1S/C30H44O3Si/c1-5-32-29(31)25-19-11-9-7-6-8-10-12-20-26-33-34(30(2,3)4,27-21-15-13-16-22-27)28-23-17-14-18-24-28/h13-19,21-25H,5-12,20,26H2,1-4H3. The number of unbranched alkanes of at least 4 members (excludes halogenated alkanes) is 7. The topological polar surface area (TPSA) is 35.5 Å². The van der Waals surface area contributed by atoms with Gasteiger partial charge in [0.1, 0.15) is 0 Å². The molecule has 0 heterocycles. The van der Waals surface area contributed by atoms with Gasteiger partial charge >= 0.3 is 5.97 Å². The van der Waals surface area contributed by atoms with Gasteiger partial charge in [-0.3, -0.25) is 0 Å². The van der Waals surface area contributed by atoms with E-state index in [4.69, 9.17) is 9.16 Å². The van der Waals surface area contributed by atoms with E-state index in [0.29, 0.717) is 6.61 Å². The van der Waals surface area contributed by atoms with Crippen LogP contribution in [0.3, 0.4) is 0 Å². The molecule has 0 aliphatic carbocycles. The third-order valence-corrected chi connectivity index (χ3v) is 11.3. The van der Waals surface area contributed by atoms with Crippen LogP contribution in [-0.2, 0) is 14.0 Å². The number of hydrogen-bond acceptors (Lipinski definition) is 3.